The molecule has 0 radical (unpaired) electrons. The summed E-state index contributed by atoms with van der Waals surface area (Å²) < 4.78 is 10.6. The molecule has 68 valence electrons. The number of rotatable bonds is 3. The minimum atomic E-state index is 0.531. The van der Waals surface area contributed by atoms with Crippen molar-refractivity contribution in [1.29, 1.82) is 0 Å². The van der Waals surface area contributed by atoms with Crippen molar-refractivity contribution in [3.63, 3.8) is 0 Å². The van der Waals surface area contributed by atoms with Crippen molar-refractivity contribution in [2.45, 2.75) is 0 Å². The van der Waals surface area contributed by atoms with Crippen molar-refractivity contribution in [3.05, 3.63) is 30.5 Å². The Morgan fingerprint density at radius 3 is 3.08 bits per heavy atom. The third kappa shape index (κ3) is 1.65. The van der Waals surface area contributed by atoms with E-state index in [2.05, 4.69) is 0 Å². The summed E-state index contributed by atoms with van der Waals surface area (Å²) in [6.45, 7) is 1.08. The Bertz CT molecular complexity index is 394. The van der Waals surface area contributed by atoms with Crippen molar-refractivity contribution in [1.82, 2.24) is 0 Å². The molecular weight excluding hydrogens is 166 g/mol. The zero-order chi connectivity index (χ0) is 9.10. The van der Waals surface area contributed by atoms with E-state index >= 15 is 0 Å². The highest BCUT2D eigenvalue weighted by atomic mass is 16.5. The quantitative estimate of drug-likeness (QED) is 0.777. The van der Waals surface area contributed by atoms with E-state index in [1.54, 1.807) is 6.26 Å². The Morgan fingerprint density at radius 1 is 1.31 bits per heavy atom. The van der Waals surface area contributed by atoms with Crippen LogP contribution in [0.4, 0.5) is 0 Å². The summed E-state index contributed by atoms with van der Waals surface area (Å²) >= 11 is 0. The molecule has 1 aromatic heterocycles. The van der Waals surface area contributed by atoms with Crippen LogP contribution in [0.3, 0.4) is 0 Å². The van der Waals surface area contributed by atoms with Crippen LogP contribution in [0.25, 0.3) is 11.0 Å². The Morgan fingerprint density at radius 2 is 2.23 bits per heavy atom. The fourth-order valence-electron chi connectivity index (χ4n) is 1.21. The number of fused-ring (bicyclic) bond motifs is 1. The molecule has 0 atom stereocenters. The van der Waals surface area contributed by atoms with Crippen LogP contribution in [0.2, 0.25) is 0 Å². The summed E-state index contributed by atoms with van der Waals surface area (Å²) in [6, 6.07) is 7.61. The maximum absolute atomic E-state index is 5.37. The molecule has 2 aromatic rings. The Hall–Kier alpha value is -1.48. The first-order valence-corrected chi connectivity index (χ1v) is 4.20. The molecule has 2 rings (SSSR count). The summed E-state index contributed by atoms with van der Waals surface area (Å²) in [5.41, 5.74) is 6.20. The van der Waals surface area contributed by atoms with Gasteiger partial charge in [-0.25, -0.2) is 0 Å². The van der Waals surface area contributed by atoms with Crippen LogP contribution in [0, 0.1) is 0 Å². The Kier molecular flexibility index (Phi) is 2.19. The van der Waals surface area contributed by atoms with Gasteiger partial charge in [0.15, 0.2) is 0 Å². The second-order valence-electron chi connectivity index (χ2n) is 2.76. The monoisotopic (exact) mass is 177 g/mol. The summed E-state index contributed by atoms with van der Waals surface area (Å²) in [6.07, 6.45) is 1.66. The maximum atomic E-state index is 5.37. The van der Waals surface area contributed by atoms with Crippen LogP contribution in [0.1, 0.15) is 0 Å². The highest BCUT2D eigenvalue weighted by Gasteiger charge is 1.98. The van der Waals surface area contributed by atoms with E-state index in [1.807, 2.05) is 24.3 Å². The van der Waals surface area contributed by atoms with Crippen molar-refractivity contribution < 1.29 is 9.15 Å². The van der Waals surface area contributed by atoms with Crippen molar-refractivity contribution >= 4 is 11.0 Å². The first-order valence-electron chi connectivity index (χ1n) is 4.20. The van der Waals surface area contributed by atoms with Gasteiger partial charge >= 0.3 is 0 Å². The van der Waals surface area contributed by atoms with E-state index in [-0.39, 0.29) is 0 Å². The van der Waals surface area contributed by atoms with E-state index in [9.17, 15) is 0 Å². The van der Waals surface area contributed by atoms with Crippen LogP contribution >= 0.6 is 0 Å². The first kappa shape index (κ1) is 8.13. The van der Waals surface area contributed by atoms with Crippen LogP contribution in [0.15, 0.2) is 34.9 Å². The van der Waals surface area contributed by atoms with Gasteiger partial charge in [0.25, 0.3) is 0 Å². The fourth-order valence-corrected chi connectivity index (χ4v) is 1.21. The molecule has 3 heteroatoms. The molecule has 0 fully saturated rings. The van der Waals surface area contributed by atoms with Gasteiger partial charge < -0.3 is 14.9 Å². The molecule has 0 aliphatic rings. The molecule has 0 aliphatic carbocycles. The lowest BCUT2D eigenvalue weighted by atomic mass is 10.2. The molecular formula is C10H11NO2. The van der Waals surface area contributed by atoms with Gasteiger partial charge in [0.05, 0.1) is 6.26 Å². The number of nitrogens with two attached hydrogens (primary N) is 1. The lowest BCUT2D eigenvalue weighted by Gasteiger charge is -2.02. The van der Waals surface area contributed by atoms with Gasteiger partial charge in [0.1, 0.15) is 17.9 Å². The highest BCUT2D eigenvalue weighted by Crippen LogP contribution is 2.21. The summed E-state index contributed by atoms with van der Waals surface area (Å²) in [4.78, 5) is 0. The van der Waals surface area contributed by atoms with Crippen molar-refractivity contribution in [3.8, 4) is 5.75 Å². The minimum Gasteiger partial charge on any atom is -0.492 e. The Balaban J connectivity index is 2.26. The molecule has 2 N–H and O–H groups in total. The van der Waals surface area contributed by atoms with Gasteiger partial charge in [-0.2, -0.15) is 0 Å². The number of ether oxygens (including phenoxy) is 1. The Labute approximate surface area is 76.1 Å². The van der Waals surface area contributed by atoms with E-state index in [0.29, 0.717) is 13.2 Å². The number of benzene rings is 1. The van der Waals surface area contributed by atoms with Gasteiger partial charge in [0, 0.05) is 11.9 Å². The predicted octanol–water partition coefficient (Wildman–Crippen LogP) is 1.77. The normalized spacial score (nSPS) is 10.5. The highest BCUT2D eigenvalue weighted by molar-refractivity contribution is 5.78. The number of furan rings is 1. The third-order valence-electron chi connectivity index (χ3n) is 1.81. The molecule has 0 amide bonds. The third-order valence-corrected chi connectivity index (χ3v) is 1.81. The average molecular weight is 177 g/mol. The van der Waals surface area contributed by atoms with Crippen LogP contribution in [-0.4, -0.2) is 13.2 Å². The molecule has 13 heavy (non-hydrogen) atoms. The number of hydrogen-bond donors (Lipinski definition) is 1. The smallest absolute Gasteiger partial charge is 0.134 e. The van der Waals surface area contributed by atoms with Gasteiger partial charge in [0.2, 0.25) is 0 Å². The average Bonchev–Trinajstić information content (AvgIpc) is 2.61. The minimum absolute atomic E-state index is 0.531. The molecule has 0 aliphatic heterocycles. The van der Waals surface area contributed by atoms with E-state index in [4.69, 9.17) is 14.9 Å². The summed E-state index contributed by atoms with van der Waals surface area (Å²) in [5, 5.41) is 1.05. The zero-order valence-electron chi connectivity index (χ0n) is 7.19. The van der Waals surface area contributed by atoms with E-state index < -0.39 is 0 Å². The first-order chi connectivity index (χ1) is 6.40. The second kappa shape index (κ2) is 3.49. The van der Waals surface area contributed by atoms with Gasteiger partial charge in [-0.05, 0) is 24.3 Å². The molecule has 1 heterocycles. The van der Waals surface area contributed by atoms with Crippen molar-refractivity contribution in [2.75, 3.05) is 13.2 Å². The topological polar surface area (TPSA) is 48.4 Å². The van der Waals surface area contributed by atoms with E-state index in [1.165, 1.54) is 0 Å². The summed E-state index contributed by atoms with van der Waals surface area (Å²) in [7, 11) is 0. The molecule has 0 spiro atoms. The lowest BCUT2D eigenvalue weighted by Crippen LogP contribution is -2.10. The fraction of sp³-hybridized carbons (Fsp3) is 0.200. The summed E-state index contributed by atoms with van der Waals surface area (Å²) in [5.74, 6) is 0.833. The van der Waals surface area contributed by atoms with Crippen molar-refractivity contribution in [2.24, 2.45) is 5.73 Å². The molecule has 3 nitrogen and oxygen atoms in total. The molecule has 1 aromatic carbocycles. The zero-order valence-corrected chi connectivity index (χ0v) is 7.19. The molecule has 0 bridgehead atoms. The van der Waals surface area contributed by atoms with Crippen LogP contribution in [0.5, 0.6) is 5.75 Å². The van der Waals surface area contributed by atoms with Gasteiger partial charge in [-0.1, -0.05) is 0 Å². The van der Waals surface area contributed by atoms with Gasteiger partial charge in [-0.3, -0.25) is 0 Å². The van der Waals surface area contributed by atoms with Crippen LogP contribution < -0.4 is 10.5 Å². The molecule has 0 saturated heterocycles. The van der Waals surface area contributed by atoms with Gasteiger partial charge in [-0.15, -0.1) is 0 Å². The second-order valence-corrected chi connectivity index (χ2v) is 2.76. The largest absolute Gasteiger partial charge is 0.492 e. The van der Waals surface area contributed by atoms with Crippen LogP contribution in [-0.2, 0) is 0 Å². The maximum Gasteiger partial charge on any atom is 0.134 e. The van der Waals surface area contributed by atoms with E-state index in [0.717, 1.165) is 16.7 Å². The number of hydrogen-bond acceptors (Lipinski definition) is 3. The SMILES string of the molecule is NCCOc1ccc2occc2c1. The predicted molar refractivity (Wildman–Crippen MR) is 50.8 cm³/mol. The molecule has 0 saturated carbocycles. The standard InChI is InChI=1S/C10H11NO2/c11-4-6-12-9-1-2-10-8(7-9)3-5-13-10/h1-3,5,7H,4,6,11H2. The lowest BCUT2D eigenvalue weighted by molar-refractivity contribution is 0.328. The molecule has 0 unspecified atom stereocenters.